The van der Waals surface area contributed by atoms with Crippen LogP contribution in [0.25, 0.3) is 0 Å². The summed E-state index contributed by atoms with van der Waals surface area (Å²) in [6.07, 6.45) is 5.86. The topological polar surface area (TPSA) is 86.9 Å². The van der Waals surface area contributed by atoms with Crippen molar-refractivity contribution in [2.75, 3.05) is 26.2 Å². The SMILES string of the molecule is NCCCCC(=O)N1CCC(N2CCCC2C(=O)O)CC1. The fourth-order valence-electron chi connectivity index (χ4n) is 3.52. The highest BCUT2D eigenvalue weighted by Crippen LogP contribution is 2.26. The van der Waals surface area contributed by atoms with Gasteiger partial charge in [0, 0.05) is 25.6 Å². The summed E-state index contributed by atoms with van der Waals surface area (Å²) < 4.78 is 0. The van der Waals surface area contributed by atoms with Gasteiger partial charge < -0.3 is 15.7 Å². The monoisotopic (exact) mass is 297 g/mol. The van der Waals surface area contributed by atoms with Crippen LogP contribution in [0, 0.1) is 0 Å². The van der Waals surface area contributed by atoms with Gasteiger partial charge in [0.2, 0.25) is 5.91 Å². The van der Waals surface area contributed by atoms with Gasteiger partial charge in [0.15, 0.2) is 0 Å². The predicted molar refractivity (Wildman–Crippen MR) is 79.9 cm³/mol. The van der Waals surface area contributed by atoms with Crippen molar-refractivity contribution in [3.05, 3.63) is 0 Å². The number of hydrogen-bond acceptors (Lipinski definition) is 4. The van der Waals surface area contributed by atoms with E-state index in [0.717, 1.165) is 58.2 Å². The van der Waals surface area contributed by atoms with Crippen LogP contribution in [0.1, 0.15) is 44.9 Å². The van der Waals surface area contributed by atoms with Gasteiger partial charge in [-0.2, -0.15) is 0 Å². The number of nitrogens with zero attached hydrogens (tertiary/aromatic N) is 2. The maximum absolute atomic E-state index is 12.1. The van der Waals surface area contributed by atoms with Crippen LogP contribution in [-0.2, 0) is 9.59 Å². The molecule has 0 aliphatic carbocycles. The van der Waals surface area contributed by atoms with E-state index in [4.69, 9.17) is 5.73 Å². The van der Waals surface area contributed by atoms with Crippen LogP contribution < -0.4 is 5.73 Å². The Kier molecular flexibility index (Phi) is 5.99. The van der Waals surface area contributed by atoms with Crippen LogP contribution in [0.4, 0.5) is 0 Å². The Morgan fingerprint density at radius 2 is 1.81 bits per heavy atom. The molecule has 6 heteroatoms. The molecule has 120 valence electrons. The highest BCUT2D eigenvalue weighted by atomic mass is 16.4. The van der Waals surface area contributed by atoms with Crippen LogP contribution in [0.5, 0.6) is 0 Å². The lowest BCUT2D eigenvalue weighted by atomic mass is 10.0. The van der Waals surface area contributed by atoms with Crippen LogP contribution in [0.2, 0.25) is 0 Å². The minimum Gasteiger partial charge on any atom is -0.480 e. The molecule has 1 amide bonds. The smallest absolute Gasteiger partial charge is 0.320 e. The van der Waals surface area contributed by atoms with E-state index in [0.29, 0.717) is 19.0 Å². The Labute approximate surface area is 126 Å². The Morgan fingerprint density at radius 3 is 2.43 bits per heavy atom. The highest BCUT2D eigenvalue weighted by molar-refractivity contribution is 5.76. The molecule has 2 saturated heterocycles. The number of piperidine rings is 1. The van der Waals surface area contributed by atoms with E-state index in [1.807, 2.05) is 4.90 Å². The van der Waals surface area contributed by atoms with E-state index in [1.165, 1.54) is 0 Å². The van der Waals surface area contributed by atoms with E-state index in [1.54, 1.807) is 0 Å². The number of unbranched alkanes of at least 4 members (excludes halogenated alkanes) is 1. The van der Waals surface area contributed by atoms with Crippen LogP contribution >= 0.6 is 0 Å². The molecule has 2 fully saturated rings. The molecular weight excluding hydrogens is 270 g/mol. The first-order valence-electron chi connectivity index (χ1n) is 8.10. The van der Waals surface area contributed by atoms with Crippen molar-refractivity contribution in [2.45, 2.75) is 57.0 Å². The largest absolute Gasteiger partial charge is 0.480 e. The molecule has 3 N–H and O–H groups in total. The van der Waals surface area contributed by atoms with Crippen molar-refractivity contribution in [3.8, 4) is 0 Å². The lowest BCUT2D eigenvalue weighted by molar-refractivity contribution is -0.144. The number of carboxylic acid groups (broad SMARTS) is 1. The van der Waals surface area contributed by atoms with E-state index in [2.05, 4.69) is 4.90 Å². The fourth-order valence-corrected chi connectivity index (χ4v) is 3.52. The average Bonchev–Trinajstić information content (AvgIpc) is 2.97. The van der Waals surface area contributed by atoms with Gasteiger partial charge in [0.25, 0.3) is 0 Å². The third kappa shape index (κ3) is 4.17. The number of nitrogens with two attached hydrogens (primary N) is 1. The minimum absolute atomic E-state index is 0.220. The fraction of sp³-hybridized carbons (Fsp3) is 0.867. The number of carboxylic acids is 1. The van der Waals surface area contributed by atoms with Crippen molar-refractivity contribution in [1.82, 2.24) is 9.80 Å². The summed E-state index contributed by atoms with van der Waals surface area (Å²) in [5, 5.41) is 9.26. The zero-order chi connectivity index (χ0) is 15.2. The van der Waals surface area contributed by atoms with Crippen molar-refractivity contribution in [2.24, 2.45) is 5.73 Å². The van der Waals surface area contributed by atoms with E-state index >= 15 is 0 Å². The summed E-state index contributed by atoms with van der Waals surface area (Å²) >= 11 is 0. The molecule has 0 aromatic carbocycles. The molecule has 0 saturated carbocycles. The van der Waals surface area contributed by atoms with Crippen molar-refractivity contribution >= 4 is 11.9 Å². The minimum atomic E-state index is -0.701. The highest BCUT2D eigenvalue weighted by Gasteiger charge is 2.37. The third-order valence-corrected chi connectivity index (χ3v) is 4.71. The van der Waals surface area contributed by atoms with Gasteiger partial charge in [-0.3, -0.25) is 14.5 Å². The molecule has 21 heavy (non-hydrogen) atoms. The zero-order valence-corrected chi connectivity index (χ0v) is 12.7. The maximum atomic E-state index is 12.1. The summed E-state index contributed by atoms with van der Waals surface area (Å²) in [6, 6.07) is 0.00324. The molecule has 0 bridgehead atoms. The lowest BCUT2D eigenvalue weighted by Gasteiger charge is -2.38. The number of carbonyl (C=O) groups excluding carboxylic acids is 1. The summed E-state index contributed by atoms with van der Waals surface area (Å²) in [4.78, 5) is 27.4. The normalized spacial score (nSPS) is 24.4. The van der Waals surface area contributed by atoms with E-state index < -0.39 is 5.97 Å². The number of rotatable bonds is 6. The van der Waals surface area contributed by atoms with Gasteiger partial charge >= 0.3 is 5.97 Å². The van der Waals surface area contributed by atoms with E-state index in [-0.39, 0.29) is 11.9 Å². The van der Waals surface area contributed by atoms with Crippen molar-refractivity contribution in [1.29, 1.82) is 0 Å². The zero-order valence-electron chi connectivity index (χ0n) is 12.7. The first kappa shape index (κ1) is 16.2. The molecule has 6 nitrogen and oxygen atoms in total. The number of amides is 1. The van der Waals surface area contributed by atoms with Gasteiger partial charge in [-0.25, -0.2) is 0 Å². The van der Waals surface area contributed by atoms with Gasteiger partial charge in [-0.05, 0) is 51.6 Å². The Balaban J connectivity index is 1.77. The van der Waals surface area contributed by atoms with Gasteiger partial charge in [-0.15, -0.1) is 0 Å². The number of likely N-dealkylation sites (tertiary alicyclic amines) is 2. The molecule has 2 aliphatic rings. The summed E-state index contributed by atoms with van der Waals surface area (Å²) in [7, 11) is 0. The molecule has 0 radical (unpaired) electrons. The standard InChI is InChI=1S/C15H27N3O3/c16-8-2-1-5-14(19)17-10-6-12(7-11-17)18-9-3-4-13(18)15(20)21/h12-13H,1-11,16H2,(H,20,21). The molecule has 2 aliphatic heterocycles. The third-order valence-electron chi connectivity index (χ3n) is 4.71. The molecule has 2 rings (SSSR count). The molecule has 0 aromatic heterocycles. The van der Waals surface area contributed by atoms with Gasteiger partial charge in [0.1, 0.15) is 6.04 Å². The number of carbonyl (C=O) groups is 2. The first-order chi connectivity index (χ1) is 10.1. The molecule has 0 spiro atoms. The summed E-state index contributed by atoms with van der Waals surface area (Å²) in [5.41, 5.74) is 5.44. The summed E-state index contributed by atoms with van der Waals surface area (Å²) in [6.45, 7) is 3.04. The van der Waals surface area contributed by atoms with E-state index in [9.17, 15) is 14.7 Å². The predicted octanol–water partition coefficient (Wildman–Crippen LogP) is 0.655. The maximum Gasteiger partial charge on any atom is 0.320 e. The lowest BCUT2D eigenvalue weighted by Crippen LogP contribution is -2.50. The van der Waals surface area contributed by atoms with Crippen LogP contribution in [-0.4, -0.2) is 65.0 Å². The number of hydrogen-bond donors (Lipinski definition) is 2. The molecular formula is C15H27N3O3. The Morgan fingerprint density at radius 1 is 1.10 bits per heavy atom. The quantitative estimate of drug-likeness (QED) is 0.703. The second-order valence-electron chi connectivity index (χ2n) is 6.09. The Bertz CT molecular complexity index is 367. The molecule has 1 atom stereocenters. The van der Waals surface area contributed by atoms with Gasteiger partial charge in [0.05, 0.1) is 0 Å². The molecule has 2 heterocycles. The second-order valence-corrected chi connectivity index (χ2v) is 6.09. The first-order valence-corrected chi connectivity index (χ1v) is 8.10. The second kappa shape index (κ2) is 7.75. The van der Waals surface area contributed by atoms with Gasteiger partial charge in [-0.1, -0.05) is 0 Å². The Hall–Kier alpha value is -1.14. The van der Waals surface area contributed by atoms with Crippen molar-refractivity contribution in [3.63, 3.8) is 0 Å². The van der Waals surface area contributed by atoms with Crippen LogP contribution in [0.15, 0.2) is 0 Å². The number of aliphatic carboxylic acids is 1. The molecule has 0 aromatic rings. The average molecular weight is 297 g/mol. The van der Waals surface area contributed by atoms with Crippen molar-refractivity contribution < 1.29 is 14.7 Å². The van der Waals surface area contributed by atoms with Crippen LogP contribution in [0.3, 0.4) is 0 Å². The molecule has 1 unspecified atom stereocenters. The summed E-state index contributed by atoms with van der Waals surface area (Å²) in [5.74, 6) is -0.481.